The van der Waals surface area contributed by atoms with Crippen LogP contribution in [0, 0.1) is 0 Å². The lowest BCUT2D eigenvalue weighted by atomic mass is 10.0. The molecule has 0 aliphatic carbocycles. The van der Waals surface area contributed by atoms with Gasteiger partial charge in [-0.3, -0.25) is 4.79 Å². The summed E-state index contributed by atoms with van der Waals surface area (Å²) in [4.78, 5) is 11.4. The lowest BCUT2D eigenvalue weighted by Gasteiger charge is -2.21. The number of ether oxygens (including phenoxy) is 1. The molecule has 1 aromatic rings. The average Bonchev–Trinajstić information content (AvgIpc) is 2.25. The predicted molar refractivity (Wildman–Crippen MR) is 55.2 cm³/mol. The van der Waals surface area contributed by atoms with Crippen molar-refractivity contribution in [2.24, 2.45) is 0 Å². The Morgan fingerprint density at radius 1 is 1.27 bits per heavy atom. The molecular weight excluding hydrogens is 192 g/mol. The number of aliphatic hydroxyl groups excluding tert-OH is 1. The van der Waals surface area contributed by atoms with Crippen LogP contribution >= 0.6 is 0 Å². The van der Waals surface area contributed by atoms with E-state index in [0.717, 1.165) is 5.56 Å². The Kier molecular flexibility index (Phi) is 2.94. The van der Waals surface area contributed by atoms with Crippen LogP contribution in [-0.2, 0) is 16.0 Å². The van der Waals surface area contributed by atoms with Crippen molar-refractivity contribution in [3.05, 3.63) is 48.0 Å². The monoisotopic (exact) mass is 204 g/mol. The van der Waals surface area contributed by atoms with Crippen molar-refractivity contribution in [3.8, 4) is 0 Å². The number of rotatable bonds is 2. The molecule has 2 atom stereocenters. The van der Waals surface area contributed by atoms with Crippen molar-refractivity contribution in [2.45, 2.75) is 18.8 Å². The molecule has 1 aliphatic rings. The van der Waals surface area contributed by atoms with Gasteiger partial charge < -0.3 is 9.84 Å². The molecule has 1 N–H and O–H groups in total. The van der Waals surface area contributed by atoms with Gasteiger partial charge in [0.05, 0.1) is 0 Å². The fraction of sp³-hybridized carbons (Fsp3) is 0.250. The van der Waals surface area contributed by atoms with Gasteiger partial charge in [-0.25, -0.2) is 0 Å². The van der Waals surface area contributed by atoms with Crippen molar-refractivity contribution in [1.29, 1.82) is 0 Å². The van der Waals surface area contributed by atoms with E-state index in [1.165, 1.54) is 12.2 Å². The molecule has 0 saturated carbocycles. The van der Waals surface area contributed by atoms with Crippen molar-refractivity contribution >= 4 is 5.78 Å². The Morgan fingerprint density at radius 3 is 2.73 bits per heavy atom. The number of hydrogen-bond donors (Lipinski definition) is 1. The van der Waals surface area contributed by atoms with E-state index < -0.39 is 12.4 Å². The van der Waals surface area contributed by atoms with Gasteiger partial charge in [0.1, 0.15) is 6.10 Å². The Bertz CT molecular complexity index is 370. The van der Waals surface area contributed by atoms with Crippen LogP contribution in [-0.4, -0.2) is 23.3 Å². The minimum Gasteiger partial charge on any atom is -0.365 e. The number of benzene rings is 1. The molecule has 1 aliphatic heterocycles. The van der Waals surface area contributed by atoms with Crippen LogP contribution in [0.15, 0.2) is 42.5 Å². The van der Waals surface area contributed by atoms with E-state index in [4.69, 9.17) is 4.74 Å². The summed E-state index contributed by atoms with van der Waals surface area (Å²) in [5.74, 6) is -0.0934. The molecular formula is C12H12O3. The minimum atomic E-state index is -0.962. The second-order valence-electron chi connectivity index (χ2n) is 3.47. The molecule has 1 heterocycles. The van der Waals surface area contributed by atoms with E-state index in [-0.39, 0.29) is 5.78 Å². The molecule has 0 spiro atoms. The number of aliphatic hydroxyl groups is 1. The van der Waals surface area contributed by atoms with Crippen molar-refractivity contribution < 1.29 is 14.6 Å². The molecule has 0 radical (unpaired) electrons. The van der Waals surface area contributed by atoms with E-state index in [0.29, 0.717) is 6.42 Å². The average molecular weight is 204 g/mol. The van der Waals surface area contributed by atoms with Gasteiger partial charge in [0.25, 0.3) is 0 Å². The number of carbonyl (C=O) groups excluding carboxylic acids is 1. The molecule has 0 saturated heterocycles. The standard InChI is InChI=1S/C12H12O3/c13-10-6-7-12(14)15-11(10)8-9-4-2-1-3-5-9/h1-7,11-12,14H,8H2/t11-,12+/m0/s1. The van der Waals surface area contributed by atoms with Crippen LogP contribution in [0.1, 0.15) is 5.56 Å². The summed E-state index contributed by atoms with van der Waals surface area (Å²) in [7, 11) is 0. The quantitative estimate of drug-likeness (QED) is 0.783. The van der Waals surface area contributed by atoms with Gasteiger partial charge in [-0.15, -0.1) is 0 Å². The second kappa shape index (κ2) is 4.38. The summed E-state index contributed by atoms with van der Waals surface area (Å²) in [6.07, 6.45) is 1.70. The molecule has 1 aromatic carbocycles. The first-order valence-corrected chi connectivity index (χ1v) is 4.85. The summed E-state index contributed by atoms with van der Waals surface area (Å²) < 4.78 is 5.12. The van der Waals surface area contributed by atoms with Gasteiger partial charge in [-0.2, -0.15) is 0 Å². The summed E-state index contributed by atoms with van der Waals surface area (Å²) in [5, 5.41) is 9.21. The maximum absolute atomic E-state index is 11.4. The normalized spacial score (nSPS) is 25.5. The van der Waals surface area contributed by atoms with Crippen LogP contribution in [0.25, 0.3) is 0 Å². The zero-order chi connectivity index (χ0) is 10.7. The van der Waals surface area contributed by atoms with Crippen LogP contribution < -0.4 is 0 Å². The maximum Gasteiger partial charge on any atom is 0.184 e. The second-order valence-corrected chi connectivity index (χ2v) is 3.47. The SMILES string of the molecule is O=C1C=C[C@H](O)O[C@H]1Cc1ccccc1. The molecule has 0 bridgehead atoms. The van der Waals surface area contributed by atoms with Crippen LogP contribution in [0.5, 0.6) is 0 Å². The smallest absolute Gasteiger partial charge is 0.184 e. The molecule has 0 fully saturated rings. The third kappa shape index (κ3) is 2.52. The van der Waals surface area contributed by atoms with Gasteiger partial charge in [-0.1, -0.05) is 30.3 Å². The van der Waals surface area contributed by atoms with E-state index in [2.05, 4.69) is 0 Å². The Labute approximate surface area is 88.0 Å². The van der Waals surface area contributed by atoms with Crippen LogP contribution in [0.2, 0.25) is 0 Å². The lowest BCUT2D eigenvalue weighted by molar-refractivity contribution is -0.147. The number of ketones is 1. The van der Waals surface area contributed by atoms with Gasteiger partial charge in [-0.05, 0) is 17.7 Å². The first-order valence-electron chi connectivity index (χ1n) is 4.85. The molecule has 0 aromatic heterocycles. The fourth-order valence-electron chi connectivity index (χ4n) is 1.54. The van der Waals surface area contributed by atoms with E-state index in [9.17, 15) is 9.90 Å². The molecule has 15 heavy (non-hydrogen) atoms. The first-order chi connectivity index (χ1) is 7.25. The largest absolute Gasteiger partial charge is 0.365 e. The van der Waals surface area contributed by atoms with Gasteiger partial charge in [0.2, 0.25) is 0 Å². The summed E-state index contributed by atoms with van der Waals surface area (Å²) in [6.45, 7) is 0. The number of carbonyl (C=O) groups is 1. The van der Waals surface area contributed by atoms with Crippen LogP contribution in [0.4, 0.5) is 0 Å². The van der Waals surface area contributed by atoms with E-state index in [1.807, 2.05) is 30.3 Å². The van der Waals surface area contributed by atoms with Gasteiger partial charge >= 0.3 is 0 Å². The summed E-state index contributed by atoms with van der Waals surface area (Å²) >= 11 is 0. The zero-order valence-corrected chi connectivity index (χ0v) is 8.17. The molecule has 78 valence electrons. The molecule has 0 unspecified atom stereocenters. The van der Waals surface area contributed by atoms with Gasteiger partial charge in [0, 0.05) is 6.42 Å². The highest BCUT2D eigenvalue weighted by Gasteiger charge is 2.23. The summed E-state index contributed by atoms with van der Waals surface area (Å²) in [6, 6.07) is 9.61. The zero-order valence-electron chi connectivity index (χ0n) is 8.17. The molecule has 0 amide bonds. The predicted octanol–water partition coefficient (Wildman–Crippen LogP) is 1.07. The highest BCUT2D eigenvalue weighted by Crippen LogP contribution is 2.13. The van der Waals surface area contributed by atoms with Crippen molar-refractivity contribution in [1.82, 2.24) is 0 Å². The first kappa shape index (κ1) is 10.1. The van der Waals surface area contributed by atoms with Crippen molar-refractivity contribution in [2.75, 3.05) is 0 Å². The highest BCUT2D eigenvalue weighted by molar-refractivity contribution is 5.94. The minimum absolute atomic E-state index is 0.0934. The van der Waals surface area contributed by atoms with Crippen LogP contribution in [0.3, 0.4) is 0 Å². The fourth-order valence-corrected chi connectivity index (χ4v) is 1.54. The van der Waals surface area contributed by atoms with E-state index in [1.54, 1.807) is 0 Å². The molecule has 3 nitrogen and oxygen atoms in total. The lowest BCUT2D eigenvalue weighted by Crippen LogP contribution is -2.33. The van der Waals surface area contributed by atoms with E-state index >= 15 is 0 Å². The summed E-state index contributed by atoms with van der Waals surface area (Å²) in [5.41, 5.74) is 1.03. The third-order valence-electron chi connectivity index (χ3n) is 2.31. The highest BCUT2D eigenvalue weighted by atomic mass is 16.6. The Morgan fingerprint density at radius 2 is 2.00 bits per heavy atom. The third-order valence-corrected chi connectivity index (χ3v) is 2.31. The molecule has 2 rings (SSSR count). The molecule has 3 heteroatoms. The van der Waals surface area contributed by atoms with Gasteiger partial charge in [0.15, 0.2) is 12.1 Å². The number of hydrogen-bond acceptors (Lipinski definition) is 3. The maximum atomic E-state index is 11.4. The van der Waals surface area contributed by atoms with Crippen molar-refractivity contribution in [3.63, 3.8) is 0 Å². The Hall–Kier alpha value is -1.45. The topological polar surface area (TPSA) is 46.5 Å². The Balaban J connectivity index is 2.07.